The van der Waals surface area contributed by atoms with Gasteiger partial charge < -0.3 is 15.8 Å². The maximum absolute atomic E-state index is 12.1. The molecule has 0 aliphatic carbocycles. The van der Waals surface area contributed by atoms with E-state index in [9.17, 15) is 9.59 Å². The van der Waals surface area contributed by atoms with Gasteiger partial charge in [-0.2, -0.15) is 0 Å². The van der Waals surface area contributed by atoms with Crippen LogP contribution < -0.4 is 22.3 Å². The lowest BCUT2D eigenvalue weighted by Gasteiger charge is -2.21. The minimum absolute atomic E-state index is 0. The smallest absolute Gasteiger partial charge is 0.256 e. The summed E-state index contributed by atoms with van der Waals surface area (Å²) >= 11 is 0. The molecule has 1 rings (SSSR count). The zero-order valence-corrected chi connectivity index (χ0v) is 14.8. The lowest BCUT2D eigenvalue weighted by molar-refractivity contribution is -0.130. The largest absolute Gasteiger partial charge is 0.375 e. The van der Waals surface area contributed by atoms with Crippen molar-refractivity contribution in [2.24, 2.45) is 17.5 Å². The fourth-order valence-electron chi connectivity index (χ4n) is 2.04. The van der Waals surface area contributed by atoms with Crippen molar-refractivity contribution in [3.63, 3.8) is 0 Å². The molecule has 1 aromatic carbocycles. The molecule has 2 unspecified atom stereocenters. The van der Waals surface area contributed by atoms with Crippen LogP contribution in [0.15, 0.2) is 30.3 Å². The first-order chi connectivity index (χ1) is 10.9. The molecule has 7 nitrogen and oxygen atoms in total. The van der Waals surface area contributed by atoms with Crippen LogP contribution in [0.5, 0.6) is 0 Å². The summed E-state index contributed by atoms with van der Waals surface area (Å²) in [5.41, 5.74) is 8.86. The molecule has 0 aliphatic rings. The topological polar surface area (TPSA) is 119 Å². The van der Waals surface area contributed by atoms with E-state index >= 15 is 0 Å². The minimum Gasteiger partial charge on any atom is -0.375 e. The number of amides is 2. The summed E-state index contributed by atoms with van der Waals surface area (Å²) in [7, 11) is 0. The molecule has 1 aromatic rings. The zero-order valence-electron chi connectivity index (χ0n) is 14.0. The summed E-state index contributed by atoms with van der Waals surface area (Å²) in [4.78, 5) is 23.7. The number of nitrogens with one attached hydrogen (secondary N) is 2. The first-order valence-electron chi connectivity index (χ1n) is 7.62. The van der Waals surface area contributed by atoms with E-state index in [1.807, 2.05) is 44.2 Å². The Labute approximate surface area is 148 Å². The minimum atomic E-state index is -0.848. The van der Waals surface area contributed by atoms with E-state index in [4.69, 9.17) is 16.3 Å². The quantitative estimate of drug-likeness (QED) is 0.290. The SMILES string of the molecule is CC(C)CC(NC(=O)C(N)COCc1ccccc1)C(=O)NN.Cl. The Balaban J connectivity index is 0.00000529. The van der Waals surface area contributed by atoms with Crippen LogP contribution in [0.25, 0.3) is 0 Å². The van der Waals surface area contributed by atoms with Crippen LogP contribution in [0.3, 0.4) is 0 Å². The molecule has 2 atom stereocenters. The highest BCUT2D eigenvalue weighted by Gasteiger charge is 2.24. The van der Waals surface area contributed by atoms with Crippen molar-refractivity contribution in [1.82, 2.24) is 10.7 Å². The van der Waals surface area contributed by atoms with Gasteiger partial charge in [-0.05, 0) is 17.9 Å². The Kier molecular flexibility index (Phi) is 11.0. The van der Waals surface area contributed by atoms with Crippen molar-refractivity contribution < 1.29 is 14.3 Å². The Morgan fingerprint density at radius 2 is 1.79 bits per heavy atom. The number of halogens is 1. The third kappa shape index (κ3) is 8.26. The van der Waals surface area contributed by atoms with Gasteiger partial charge in [0.25, 0.3) is 5.91 Å². The first kappa shape index (κ1) is 22.3. The Morgan fingerprint density at radius 3 is 2.33 bits per heavy atom. The van der Waals surface area contributed by atoms with Gasteiger partial charge in [0.1, 0.15) is 12.1 Å². The Hall–Kier alpha value is -1.67. The number of carbonyl (C=O) groups is 2. The van der Waals surface area contributed by atoms with Crippen LogP contribution in [0.2, 0.25) is 0 Å². The van der Waals surface area contributed by atoms with Gasteiger partial charge in [0.05, 0.1) is 13.2 Å². The molecule has 8 heteroatoms. The Morgan fingerprint density at radius 1 is 1.17 bits per heavy atom. The molecule has 0 fully saturated rings. The van der Waals surface area contributed by atoms with E-state index in [2.05, 4.69) is 10.7 Å². The number of hydrogen-bond donors (Lipinski definition) is 4. The normalized spacial score (nSPS) is 12.9. The summed E-state index contributed by atoms with van der Waals surface area (Å²) in [6, 6.07) is 8.04. The molecule has 6 N–H and O–H groups in total. The molecule has 136 valence electrons. The van der Waals surface area contributed by atoms with Crippen molar-refractivity contribution in [3.05, 3.63) is 35.9 Å². The summed E-state index contributed by atoms with van der Waals surface area (Å²) in [6.45, 7) is 4.34. The highest BCUT2D eigenvalue weighted by atomic mass is 35.5. The zero-order chi connectivity index (χ0) is 17.2. The predicted octanol–water partition coefficient (Wildman–Crippen LogP) is 0.473. The van der Waals surface area contributed by atoms with Crippen LogP contribution >= 0.6 is 12.4 Å². The molecule has 0 aromatic heterocycles. The summed E-state index contributed by atoms with van der Waals surface area (Å²) < 4.78 is 5.44. The van der Waals surface area contributed by atoms with Crippen LogP contribution in [-0.4, -0.2) is 30.5 Å². The van der Waals surface area contributed by atoms with E-state index < -0.39 is 23.9 Å². The van der Waals surface area contributed by atoms with Crippen molar-refractivity contribution in [2.75, 3.05) is 6.61 Å². The molecule has 24 heavy (non-hydrogen) atoms. The first-order valence-corrected chi connectivity index (χ1v) is 7.62. The molecule has 0 saturated carbocycles. The van der Waals surface area contributed by atoms with Crippen LogP contribution in [0.1, 0.15) is 25.8 Å². The fraction of sp³-hybridized carbons (Fsp3) is 0.500. The maximum atomic E-state index is 12.1. The fourth-order valence-corrected chi connectivity index (χ4v) is 2.04. The Bertz CT molecular complexity index is 499. The monoisotopic (exact) mass is 358 g/mol. The van der Waals surface area contributed by atoms with E-state index in [1.54, 1.807) is 0 Å². The molecule has 2 amide bonds. The molecule has 0 bridgehead atoms. The summed E-state index contributed by atoms with van der Waals surface area (Å²) in [6.07, 6.45) is 0.479. The van der Waals surface area contributed by atoms with Crippen molar-refractivity contribution >= 4 is 24.2 Å². The van der Waals surface area contributed by atoms with Crippen molar-refractivity contribution in [3.8, 4) is 0 Å². The van der Waals surface area contributed by atoms with Gasteiger partial charge in [-0.15, -0.1) is 12.4 Å². The number of carbonyl (C=O) groups excluding carboxylic acids is 2. The highest BCUT2D eigenvalue weighted by molar-refractivity contribution is 5.89. The van der Waals surface area contributed by atoms with Gasteiger partial charge in [-0.25, -0.2) is 5.84 Å². The van der Waals surface area contributed by atoms with Gasteiger partial charge in [0.15, 0.2) is 0 Å². The van der Waals surface area contributed by atoms with Gasteiger partial charge in [0, 0.05) is 0 Å². The summed E-state index contributed by atoms with van der Waals surface area (Å²) in [5.74, 6) is 4.49. The molecular formula is C16H27ClN4O3. The van der Waals surface area contributed by atoms with Crippen molar-refractivity contribution in [2.45, 2.75) is 39.0 Å². The van der Waals surface area contributed by atoms with Gasteiger partial charge in [-0.3, -0.25) is 15.0 Å². The van der Waals surface area contributed by atoms with Crippen LogP contribution in [0.4, 0.5) is 0 Å². The maximum Gasteiger partial charge on any atom is 0.256 e. The lowest BCUT2D eigenvalue weighted by Crippen LogP contribution is -2.54. The van der Waals surface area contributed by atoms with E-state index in [1.165, 1.54) is 0 Å². The second kappa shape index (κ2) is 11.8. The second-order valence-corrected chi connectivity index (χ2v) is 5.81. The van der Waals surface area contributed by atoms with E-state index in [0.717, 1.165) is 5.56 Å². The predicted molar refractivity (Wildman–Crippen MR) is 95.0 cm³/mol. The van der Waals surface area contributed by atoms with Gasteiger partial charge in [-0.1, -0.05) is 44.2 Å². The second-order valence-electron chi connectivity index (χ2n) is 5.81. The highest BCUT2D eigenvalue weighted by Crippen LogP contribution is 2.05. The van der Waals surface area contributed by atoms with Gasteiger partial charge in [0.2, 0.25) is 5.91 Å². The lowest BCUT2D eigenvalue weighted by atomic mass is 10.0. The molecule has 0 aliphatic heterocycles. The standard InChI is InChI=1S/C16H26N4O3.ClH/c1-11(2)8-14(16(22)20-18)19-15(21)13(17)10-23-9-12-6-4-3-5-7-12;/h3-7,11,13-14H,8-10,17-18H2,1-2H3,(H,19,21)(H,20,22);1H. The number of rotatable bonds is 9. The molecule has 0 saturated heterocycles. The number of benzene rings is 1. The van der Waals surface area contributed by atoms with Crippen LogP contribution in [-0.2, 0) is 20.9 Å². The third-order valence-electron chi connectivity index (χ3n) is 3.23. The average Bonchev–Trinajstić information content (AvgIpc) is 2.53. The molecule has 0 radical (unpaired) electrons. The number of nitrogens with two attached hydrogens (primary N) is 2. The molecule has 0 spiro atoms. The van der Waals surface area contributed by atoms with Gasteiger partial charge >= 0.3 is 0 Å². The van der Waals surface area contributed by atoms with E-state index in [0.29, 0.717) is 13.0 Å². The van der Waals surface area contributed by atoms with Crippen LogP contribution in [0, 0.1) is 5.92 Å². The molecule has 0 heterocycles. The average molecular weight is 359 g/mol. The summed E-state index contributed by atoms with van der Waals surface area (Å²) in [5, 5.41) is 2.61. The third-order valence-corrected chi connectivity index (χ3v) is 3.23. The number of hydrazine groups is 1. The molecular weight excluding hydrogens is 332 g/mol. The van der Waals surface area contributed by atoms with Crippen molar-refractivity contribution in [1.29, 1.82) is 0 Å². The van der Waals surface area contributed by atoms with E-state index in [-0.39, 0.29) is 24.9 Å². The number of hydrogen-bond acceptors (Lipinski definition) is 5. The number of ether oxygens (including phenoxy) is 1.